The lowest BCUT2D eigenvalue weighted by Gasteiger charge is -2.12. The van der Waals surface area contributed by atoms with Crippen molar-refractivity contribution in [3.05, 3.63) is 29.8 Å². The van der Waals surface area contributed by atoms with Crippen LogP contribution in [0.5, 0.6) is 0 Å². The molecular weight excluding hydrogens is 172 g/mol. The van der Waals surface area contributed by atoms with Crippen LogP contribution < -0.4 is 11.1 Å². The normalized spacial score (nSPS) is 12.5. The average Bonchev–Trinajstić information content (AvgIpc) is 2.17. The molecule has 1 unspecified atom stereocenters. The number of rotatable bonds is 5. The molecule has 2 heteroatoms. The van der Waals surface area contributed by atoms with Gasteiger partial charge < -0.3 is 11.1 Å². The second-order valence-electron chi connectivity index (χ2n) is 3.93. The standard InChI is InChI=1S/C12H20N2/c1-10-3-5-12(6-4-10)14-9-11(2)7-8-13/h3-6,11,14H,7-9,13H2,1-2H3. The van der Waals surface area contributed by atoms with Gasteiger partial charge in [0.25, 0.3) is 0 Å². The van der Waals surface area contributed by atoms with E-state index in [0.29, 0.717) is 5.92 Å². The van der Waals surface area contributed by atoms with E-state index in [1.54, 1.807) is 0 Å². The number of nitrogens with one attached hydrogen (secondary N) is 1. The molecule has 2 nitrogen and oxygen atoms in total. The summed E-state index contributed by atoms with van der Waals surface area (Å²) in [6, 6.07) is 8.47. The third-order valence-electron chi connectivity index (χ3n) is 2.37. The maximum absolute atomic E-state index is 5.49. The highest BCUT2D eigenvalue weighted by atomic mass is 14.9. The summed E-state index contributed by atoms with van der Waals surface area (Å²) in [5.41, 5.74) is 7.98. The molecule has 0 saturated heterocycles. The van der Waals surface area contributed by atoms with E-state index in [1.807, 2.05) is 0 Å². The Hall–Kier alpha value is -1.02. The SMILES string of the molecule is Cc1ccc(NCC(C)CCN)cc1. The van der Waals surface area contributed by atoms with Crippen LogP contribution in [0.25, 0.3) is 0 Å². The summed E-state index contributed by atoms with van der Waals surface area (Å²) in [7, 11) is 0. The second-order valence-corrected chi connectivity index (χ2v) is 3.93. The first-order valence-electron chi connectivity index (χ1n) is 5.23. The lowest BCUT2D eigenvalue weighted by atomic mass is 10.1. The van der Waals surface area contributed by atoms with Crippen LogP contribution in [0, 0.1) is 12.8 Å². The first-order chi connectivity index (χ1) is 6.72. The first-order valence-corrected chi connectivity index (χ1v) is 5.23. The molecule has 0 heterocycles. The minimum absolute atomic E-state index is 0.640. The van der Waals surface area contributed by atoms with Crippen LogP contribution in [0.4, 0.5) is 5.69 Å². The van der Waals surface area contributed by atoms with Crippen molar-refractivity contribution < 1.29 is 0 Å². The summed E-state index contributed by atoms with van der Waals surface area (Å²) >= 11 is 0. The molecule has 3 N–H and O–H groups in total. The molecule has 1 rings (SSSR count). The molecule has 0 radical (unpaired) electrons. The maximum Gasteiger partial charge on any atom is 0.0340 e. The van der Waals surface area contributed by atoms with Gasteiger partial charge >= 0.3 is 0 Å². The quantitative estimate of drug-likeness (QED) is 0.751. The van der Waals surface area contributed by atoms with Gasteiger partial charge in [0.05, 0.1) is 0 Å². The molecule has 1 aromatic rings. The molecule has 0 aliphatic heterocycles. The molecule has 0 aliphatic rings. The Morgan fingerprint density at radius 2 is 1.93 bits per heavy atom. The molecule has 0 bridgehead atoms. The fourth-order valence-corrected chi connectivity index (χ4v) is 1.35. The molecular formula is C12H20N2. The summed E-state index contributed by atoms with van der Waals surface area (Å²) in [4.78, 5) is 0. The van der Waals surface area contributed by atoms with Crippen LogP contribution in [0.1, 0.15) is 18.9 Å². The van der Waals surface area contributed by atoms with Crippen molar-refractivity contribution in [1.29, 1.82) is 0 Å². The number of hydrogen-bond acceptors (Lipinski definition) is 2. The van der Waals surface area contributed by atoms with Gasteiger partial charge in [-0.25, -0.2) is 0 Å². The van der Waals surface area contributed by atoms with Gasteiger partial charge in [-0.2, -0.15) is 0 Å². The van der Waals surface area contributed by atoms with E-state index < -0.39 is 0 Å². The van der Waals surface area contributed by atoms with Crippen LogP contribution in [-0.4, -0.2) is 13.1 Å². The van der Waals surface area contributed by atoms with Crippen LogP contribution >= 0.6 is 0 Å². The van der Waals surface area contributed by atoms with Crippen molar-refractivity contribution in [2.24, 2.45) is 11.7 Å². The van der Waals surface area contributed by atoms with Gasteiger partial charge in [-0.05, 0) is 37.9 Å². The Labute approximate surface area is 86.5 Å². The molecule has 0 saturated carbocycles. The summed E-state index contributed by atoms with van der Waals surface area (Å²) in [5, 5.41) is 3.40. The number of nitrogens with two attached hydrogens (primary N) is 1. The van der Waals surface area contributed by atoms with Gasteiger partial charge in [0.2, 0.25) is 0 Å². The van der Waals surface area contributed by atoms with Crippen molar-refractivity contribution in [2.75, 3.05) is 18.4 Å². The number of aryl methyl sites for hydroxylation is 1. The van der Waals surface area contributed by atoms with Crippen molar-refractivity contribution in [2.45, 2.75) is 20.3 Å². The summed E-state index contributed by atoms with van der Waals surface area (Å²) in [5.74, 6) is 0.640. The molecule has 14 heavy (non-hydrogen) atoms. The topological polar surface area (TPSA) is 38.0 Å². The summed E-state index contributed by atoms with van der Waals surface area (Å²) in [6.07, 6.45) is 1.08. The molecule has 0 aliphatic carbocycles. The fourth-order valence-electron chi connectivity index (χ4n) is 1.35. The zero-order valence-electron chi connectivity index (χ0n) is 9.09. The predicted molar refractivity (Wildman–Crippen MR) is 62.5 cm³/mol. The van der Waals surface area contributed by atoms with Crippen LogP contribution in [-0.2, 0) is 0 Å². The number of benzene rings is 1. The predicted octanol–water partition coefficient (Wildman–Crippen LogP) is 2.39. The highest BCUT2D eigenvalue weighted by molar-refractivity contribution is 5.44. The third-order valence-corrected chi connectivity index (χ3v) is 2.37. The highest BCUT2D eigenvalue weighted by Gasteiger charge is 1.99. The largest absolute Gasteiger partial charge is 0.385 e. The van der Waals surface area contributed by atoms with Gasteiger partial charge in [0, 0.05) is 12.2 Å². The minimum Gasteiger partial charge on any atom is -0.385 e. The highest BCUT2D eigenvalue weighted by Crippen LogP contribution is 2.10. The van der Waals surface area contributed by atoms with Crippen LogP contribution in [0.2, 0.25) is 0 Å². The van der Waals surface area contributed by atoms with Crippen molar-refractivity contribution in [3.63, 3.8) is 0 Å². The minimum atomic E-state index is 0.640. The second kappa shape index (κ2) is 5.66. The smallest absolute Gasteiger partial charge is 0.0340 e. The lowest BCUT2D eigenvalue weighted by molar-refractivity contribution is 0.568. The van der Waals surface area contributed by atoms with E-state index in [2.05, 4.69) is 43.4 Å². The Balaban J connectivity index is 2.34. The van der Waals surface area contributed by atoms with E-state index in [4.69, 9.17) is 5.73 Å². The monoisotopic (exact) mass is 192 g/mol. The fraction of sp³-hybridized carbons (Fsp3) is 0.500. The van der Waals surface area contributed by atoms with Gasteiger partial charge in [-0.3, -0.25) is 0 Å². The van der Waals surface area contributed by atoms with Gasteiger partial charge in [-0.1, -0.05) is 24.6 Å². The first kappa shape index (κ1) is 11.1. The van der Waals surface area contributed by atoms with Gasteiger partial charge in [-0.15, -0.1) is 0 Å². The summed E-state index contributed by atoms with van der Waals surface area (Å²) in [6.45, 7) is 6.09. The van der Waals surface area contributed by atoms with E-state index in [1.165, 1.54) is 11.3 Å². The molecule has 0 spiro atoms. The average molecular weight is 192 g/mol. The van der Waals surface area contributed by atoms with E-state index in [9.17, 15) is 0 Å². The van der Waals surface area contributed by atoms with E-state index in [0.717, 1.165) is 19.5 Å². The molecule has 0 amide bonds. The Morgan fingerprint density at radius 1 is 1.29 bits per heavy atom. The lowest BCUT2D eigenvalue weighted by Crippen LogP contribution is -2.15. The van der Waals surface area contributed by atoms with Crippen molar-refractivity contribution in [3.8, 4) is 0 Å². The van der Waals surface area contributed by atoms with Gasteiger partial charge in [0.1, 0.15) is 0 Å². The van der Waals surface area contributed by atoms with E-state index >= 15 is 0 Å². The van der Waals surface area contributed by atoms with Crippen molar-refractivity contribution in [1.82, 2.24) is 0 Å². The van der Waals surface area contributed by atoms with Crippen LogP contribution in [0.3, 0.4) is 0 Å². The van der Waals surface area contributed by atoms with Crippen LogP contribution in [0.15, 0.2) is 24.3 Å². The zero-order valence-corrected chi connectivity index (χ0v) is 9.09. The zero-order chi connectivity index (χ0) is 10.4. The Kier molecular flexibility index (Phi) is 4.47. The molecule has 0 aromatic heterocycles. The molecule has 1 aromatic carbocycles. The van der Waals surface area contributed by atoms with Gasteiger partial charge in [0.15, 0.2) is 0 Å². The third kappa shape index (κ3) is 3.79. The number of anilines is 1. The molecule has 0 fully saturated rings. The summed E-state index contributed by atoms with van der Waals surface area (Å²) < 4.78 is 0. The maximum atomic E-state index is 5.49. The van der Waals surface area contributed by atoms with Crippen molar-refractivity contribution >= 4 is 5.69 Å². The molecule has 1 atom stereocenters. The Morgan fingerprint density at radius 3 is 2.50 bits per heavy atom. The van der Waals surface area contributed by atoms with E-state index in [-0.39, 0.29) is 0 Å². The number of hydrogen-bond donors (Lipinski definition) is 2. The molecule has 78 valence electrons. The Bertz CT molecular complexity index is 254.